The number of carbonyl (C=O) groups is 2. The molecule has 0 aliphatic heterocycles. The molecule has 0 aliphatic carbocycles. The molecule has 0 spiro atoms. The number of nitrogens with one attached hydrogen (secondary N) is 2. The maximum absolute atomic E-state index is 13.2. The maximum atomic E-state index is 13.2. The molecule has 34 heavy (non-hydrogen) atoms. The molecular weight excluding hydrogens is 563 g/mol. The van der Waals surface area contributed by atoms with E-state index in [4.69, 9.17) is 0 Å². The van der Waals surface area contributed by atoms with Crippen LogP contribution in [-0.2, 0) is 11.3 Å². The van der Waals surface area contributed by atoms with Gasteiger partial charge < -0.3 is 10.6 Å². The number of amides is 2. The van der Waals surface area contributed by atoms with E-state index >= 15 is 0 Å². The molecule has 2 heterocycles. The lowest BCUT2D eigenvalue weighted by Crippen LogP contribution is -2.28. The number of aromatic nitrogens is 2. The van der Waals surface area contributed by atoms with Gasteiger partial charge in [-0.2, -0.15) is 0 Å². The summed E-state index contributed by atoms with van der Waals surface area (Å²) in [7, 11) is 0. The first-order chi connectivity index (χ1) is 16.1. The number of fused-ring (bicyclic) bond motifs is 1. The van der Waals surface area contributed by atoms with E-state index in [0.29, 0.717) is 26.3 Å². The summed E-state index contributed by atoms with van der Waals surface area (Å²) >= 11 is 3.38. The number of thiophene rings is 1. The van der Waals surface area contributed by atoms with E-state index in [-0.39, 0.29) is 23.9 Å². The van der Waals surface area contributed by atoms with Crippen molar-refractivity contribution in [3.8, 4) is 0 Å². The van der Waals surface area contributed by atoms with E-state index in [2.05, 4.69) is 38.2 Å². The van der Waals surface area contributed by atoms with Gasteiger partial charge in [0.2, 0.25) is 5.91 Å². The second kappa shape index (κ2) is 9.67. The summed E-state index contributed by atoms with van der Waals surface area (Å²) in [5, 5.41) is 6.13. The van der Waals surface area contributed by atoms with Crippen LogP contribution in [0.1, 0.15) is 31.9 Å². The van der Waals surface area contributed by atoms with Crippen molar-refractivity contribution >= 4 is 67.3 Å². The zero-order valence-corrected chi connectivity index (χ0v) is 22.1. The first-order valence-electron chi connectivity index (χ1n) is 10.6. The molecule has 4 rings (SSSR count). The first kappa shape index (κ1) is 24.1. The summed E-state index contributed by atoms with van der Waals surface area (Å²) in [5.41, 5.74) is 4.64. The molecule has 0 bridgehead atoms. The number of nitrogens with zero attached hydrogens (tertiary/aromatic N) is 2. The van der Waals surface area contributed by atoms with Crippen LogP contribution in [0.5, 0.6) is 0 Å². The molecule has 0 radical (unpaired) electrons. The molecule has 174 valence electrons. The Labute approximate surface area is 214 Å². The van der Waals surface area contributed by atoms with Crippen LogP contribution in [0.15, 0.2) is 47.5 Å². The van der Waals surface area contributed by atoms with Gasteiger partial charge in [-0.3, -0.25) is 19.0 Å². The van der Waals surface area contributed by atoms with Crippen LogP contribution >= 0.6 is 33.9 Å². The summed E-state index contributed by atoms with van der Waals surface area (Å²) in [6.07, 6.45) is 1.35. The van der Waals surface area contributed by atoms with E-state index in [1.807, 2.05) is 57.2 Å². The molecule has 4 aromatic rings. The second-order valence-corrected chi connectivity index (χ2v) is 10.4. The Kier molecular flexibility index (Phi) is 6.85. The van der Waals surface area contributed by atoms with Gasteiger partial charge in [0.15, 0.2) is 0 Å². The smallest absolute Gasteiger partial charge is 0.266 e. The summed E-state index contributed by atoms with van der Waals surface area (Å²) in [6, 6.07) is 11.5. The number of aryl methyl sites for hydroxylation is 4. The number of halogens is 1. The van der Waals surface area contributed by atoms with E-state index in [1.165, 1.54) is 22.2 Å². The van der Waals surface area contributed by atoms with Crippen molar-refractivity contribution in [3.63, 3.8) is 0 Å². The predicted octanol–water partition coefficient (Wildman–Crippen LogP) is 5.19. The van der Waals surface area contributed by atoms with Gasteiger partial charge in [0.25, 0.3) is 11.5 Å². The van der Waals surface area contributed by atoms with Crippen LogP contribution in [0.3, 0.4) is 0 Å². The van der Waals surface area contributed by atoms with Gasteiger partial charge in [0, 0.05) is 14.9 Å². The molecule has 9 heteroatoms. The largest absolute Gasteiger partial charge is 0.324 e. The number of hydrogen-bond donors (Lipinski definition) is 2. The highest BCUT2D eigenvalue weighted by Gasteiger charge is 2.20. The lowest BCUT2D eigenvalue weighted by molar-refractivity contribution is -0.116. The minimum Gasteiger partial charge on any atom is -0.324 e. The Morgan fingerprint density at radius 2 is 1.68 bits per heavy atom. The Morgan fingerprint density at radius 3 is 2.38 bits per heavy atom. The van der Waals surface area contributed by atoms with E-state index in [0.717, 1.165) is 25.9 Å². The minimum absolute atomic E-state index is 0.174. The molecular formula is C25H23IN4O3S. The highest BCUT2D eigenvalue weighted by atomic mass is 127. The number of hydrogen-bond acceptors (Lipinski definition) is 5. The third-order valence-corrected chi connectivity index (χ3v) is 7.40. The minimum atomic E-state index is -0.348. The topological polar surface area (TPSA) is 93.1 Å². The molecule has 0 aliphatic rings. The summed E-state index contributed by atoms with van der Waals surface area (Å²) < 4.78 is 2.34. The van der Waals surface area contributed by atoms with Crippen molar-refractivity contribution in [2.75, 3.05) is 10.6 Å². The average Bonchev–Trinajstić information content (AvgIpc) is 3.11. The Balaban J connectivity index is 1.59. The summed E-state index contributed by atoms with van der Waals surface area (Å²) in [6.45, 7) is 7.40. The highest BCUT2D eigenvalue weighted by molar-refractivity contribution is 14.1. The van der Waals surface area contributed by atoms with Gasteiger partial charge in [0.1, 0.15) is 11.4 Å². The third kappa shape index (κ3) is 4.90. The maximum Gasteiger partial charge on any atom is 0.266 e. The molecule has 2 aromatic heterocycles. The second-order valence-electron chi connectivity index (χ2n) is 8.19. The van der Waals surface area contributed by atoms with Gasteiger partial charge in [0.05, 0.1) is 16.6 Å². The molecule has 0 saturated carbocycles. The Bertz CT molecular complexity index is 1510. The molecule has 2 aromatic carbocycles. The molecule has 0 unspecified atom stereocenters. The van der Waals surface area contributed by atoms with Gasteiger partial charge in [-0.15, -0.1) is 11.3 Å². The van der Waals surface area contributed by atoms with Gasteiger partial charge in [-0.1, -0.05) is 17.7 Å². The van der Waals surface area contributed by atoms with Crippen molar-refractivity contribution in [2.24, 2.45) is 0 Å². The lowest BCUT2D eigenvalue weighted by Gasteiger charge is -2.10. The standard InChI is InChI=1S/C25H23IN4O3S/c1-13-5-7-19(14(2)9-13)29-23(32)22-16(4)21-24(34-22)27-12-30(25(21)33)11-20(31)28-18-8-6-17(26)10-15(18)3/h5-10,12H,11H2,1-4H3,(H,28,31)(H,29,32). The van der Waals surface area contributed by atoms with Crippen molar-refractivity contribution in [2.45, 2.75) is 34.2 Å². The first-order valence-corrected chi connectivity index (χ1v) is 12.5. The van der Waals surface area contributed by atoms with Crippen molar-refractivity contribution in [1.82, 2.24) is 9.55 Å². The van der Waals surface area contributed by atoms with Crippen LogP contribution in [0, 0.1) is 31.3 Å². The molecule has 0 fully saturated rings. The zero-order chi connectivity index (χ0) is 24.6. The number of rotatable bonds is 5. The molecule has 2 amide bonds. The number of carbonyl (C=O) groups excluding carboxylic acids is 2. The molecule has 0 saturated heterocycles. The summed E-state index contributed by atoms with van der Waals surface area (Å²) in [4.78, 5) is 44.0. The molecule has 2 N–H and O–H groups in total. The van der Waals surface area contributed by atoms with E-state index in [9.17, 15) is 14.4 Å². The van der Waals surface area contributed by atoms with E-state index in [1.54, 1.807) is 6.92 Å². The van der Waals surface area contributed by atoms with Gasteiger partial charge >= 0.3 is 0 Å². The van der Waals surface area contributed by atoms with Crippen LogP contribution in [-0.4, -0.2) is 21.4 Å². The molecule has 7 nitrogen and oxygen atoms in total. The van der Waals surface area contributed by atoms with Crippen molar-refractivity contribution in [3.05, 3.63) is 83.8 Å². The highest BCUT2D eigenvalue weighted by Crippen LogP contribution is 2.28. The summed E-state index contributed by atoms with van der Waals surface area (Å²) in [5.74, 6) is -0.612. The monoisotopic (exact) mass is 586 g/mol. The fourth-order valence-corrected chi connectivity index (χ4v) is 5.41. The quantitative estimate of drug-likeness (QED) is 0.315. The van der Waals surface area contributed by atoms with Crippen LogP contribution < -0.4 is 16.2 Å². The van der Waals surface area contributed by atoms with Gasteiger partial charge in [-0.05, 0) is 91.2 Å². The zero-order valence-electron chi connectivity index (χ0n) is 19.2. The predicted molar refractivity (Wildman–Crippen MR) is 145 cm³/mol. The SMILES string of the molecule is Cc1ccc(NC(=O)c2sc3ncn(CC(=O)Nc4ccc(I)cc4C)c(=O)c3c2C)c(C)c1. The van der Waals surface area contributed by atoms with Crippen LogP contribution in [0.2, 0.25) is 0 Å². The Hall–Kier alpha value is -3.05. The normalized spacial score (nSPS) is 11.0. The van der Waals surface area contributed by atoms with Crippen LogP contribution in [0.4, 0.5) is 11.4 Å². The van der Waals surface area contributed by atoms with E-state index < -0.39 is 0 Å². The van der Waals surface area contributed by atoms with Crippen LogP contribution in [0.25, 0.3) is 10.2 Å². The third-order valence-electron chi connectivity index (χ3n) is 5.53. The van der Waals surface area contributed by atoms with Crippen molar-refractivity contribution < 1.29 is 9.59 Å². The fourth-order valence-electron chi connectivity index (χ4n) is 3.73. The number of anilines is 2. The fraction of sp³-hybridized carbons (Fsp3) is 0.200. The Morgan fingerprint density at radius 1 is 1.00 bits per heavy atom. The molecule has 0 atom stereocenters. The number of benzene rings is 2. The average molecular weight is 586 g/mol. The lowest BCUT2D eigenvalue weighted by atomic mass is 10.1. The van der Waals surface area contributed by atoms with Crippen molar-refractivity contribution in [1.29, 1.82) is 0 Å². The van der Waals surface area contributed by atoms with Gasteiger partial charge in [-0.25, -0.2) is 4.98 Å².